The number of likely N-dealkylation sites (tertiary alicyclic amines) is 1. The van der Waals surface area contributed by atoms with Crippen LogP contribution in [0.3, 0.4) is 0 Å². The molecule has 1 heterocycles. The average Bonchev–Trinajstić information content (AvgIpc) is 2.55. The van der Waals surface area contributed by atoms with Crippen LogP contribution in [0.2, 0.25) is 5.02 Å². The fraction of sp³-hybridized carbons (Fsp3) is 0.579. The van der Waals surface area contributed by atoms with Crippen molar-refractivity contribution in [3.63, 3.8) is 0 Å². The van der Waals surface area contributed by atoms with Crippen molar-refractivity contribution in [2.24, 2.45) is 11.8 Å². The molecule has 0 unspecified atom stereocenters. The summed E-state index contributed by atoms with van der Waals surface area (Å²) < 4.78 is 0. The lowest BCUT2D eigenvalue weighted by atomic mass is 9.83. The number of hydrogen-bond donors (Lipinski definition) is 1. The molecule has 0 atom stereocenters. The molecule has 1 aliphatic carbocycles. The lowest BCUT2D eigenvalue weighted by Crippen LogP contribution is -2.46. The minimum Gasteiger partial charge on any atom is -0.356 e. The van der Waals surface area contributed by atoms with Crippen LogP contribution in [-0.2, 0) is 16.0 Å². The first-order valence-corrected chi connectivity index (χ1v) is 9.32. The van der Waals surface area contributed by atoms with Crippen LogP contribution in [0.1, 0.15) is 37.7 Å². The summed E-state index contributed by atoms with van der Waals surface area (Å²) >= 11 is 5.87. The van der Waals surface area contributed by atoms with Gasteiger partial charge in [0.2, 0.25) is 11.8 Å². The second-order valence-corrected chi connectivity index (χ2v) is 7.33. The summed E-state index contributed by atoms with van der Waals surface area (Å²) in [5.41, 5.74) is 1.17. The molecule has 4 nitrogen and oxygen atoms in total. The summed E-state index contributed by atoms with van der Waals surface area (Å²) in [6.07, 6.45) is 5.65. The van der Waals surface area contributed by atoms with Crippen LogP contribution in [0.4, 0.5) is 0 Å². The van der Waals surface area contributed by atoms with Gasteiger partial charge in [-0.2, -0.15) is 0 Å². The molecule has 1 aromatic rings. The number of amides is 2. The molecule has 0 aromatic heterocycles. The molecule has 1 aromatic carbocycles. The van der Waals surface area contributed by atoms with E-state index in [0.717, 1.165) is 50.2 Å². The van der Waals surface area contributed by atoms with E-state index in [1.54, 1.807) is 0 Å². The van der Waals surface area contributed by atoms with Crippen molar-refractivity contribution in [1.29, 1.82) is 0 Å². The van der Waals surface area contributed by atoms with Crippen LogP contribution in [0.25, 0.3) is 0 Å². The molecular weight excluding hydrogens is 324 g/mol. The van der Waals surface area contributed by atoms with Gasteiger partial charge in [-0.05, 0) is 49.8 Å². The highest BCUT2D eigenvalue weighted by Crippen LogP contribution is 2.30. The minimum atomic E-state index is 0.0423. The van der Waals surface area contributed by atoms with Crippen molar-refractivity contribution in [2.45, 2.75) is 38.5 Å². The molecule has 1 aliphatic heterocycles. The Morgan fingerprint density at radius 2 is 1.71 bits per heavy atom. The van der Waals surface area contributed by atoms with Gasteiger partial charge in [-0.1, -0.05) is 30.2 Å². The predicted octanol–water partition coefficient (Wildman–Crippen LogP) is 3.04. The molecule has 1 N–H and O–H groups in total. The van der Waals surface area contributed by atoms with Crippen LogP contribution >= 0.6 is 11.6 Å². The van der Waals surface area contributed by atoms with Crippen molar-refractivity contribution in [3.8, 4) is 0 Å². The fourth-order valence-electron chi connectivity index (χ4n) is 3.40. The predicted molar refractivity (Wildman–Crippen MR) is 94.8 cm³/mol. The van der Waals surface area contributed by atoms with Crippen LogP contribution in [0.15, 0.2) is 24.3 Å². The van der Waals surface area contributed by atoms with Gasteiger partial charge in [0.1, 0.15) is 0 Å². The average molecular weight is 349 g/mol. The SMILES string of the molecule is O=C(NCCc1ccc(Cl)cc1)C1CCN(C(=O)C2CCC2)CC1. The zero-order valence-corrected chi connectivity index (χ0v) is 14.7. The van der Waals surface area contributed by atoms with E-state index in [0.29, 0.717) is 12.5 Å². The summed E-state index contributed by atoms with van der Waals surface area (Å²) in [5.74, 6) is 0.734. The molecule has 1 saturated heterocycles. The van der Waals surface area contributed by atoms with E-state index in [4.69, 9.17) is 11.6 Å². The van der Waals surface area contributed by atoms with Crippen molar-refractivity contribution in [1.82, 2.24) is 10.2 Å². The Balaban J connectivity index is 1.37. The number of nitrogens with one attached hydrogen (secondary N) is 1. The van der Waals surface area contributed by atoms with E-state index >= 15 is 0 Å². The second-order valence-electron chi connectivity index (χ2n) is 6.89. The summed E-state index contributed by atoms with van der Waals surface area (Å²) in [4.78, 5) is 26.5. The molecule has 0 spiro atoms. The maximum atomic E-state index is 12.3. The van der Waals surface area contributed by atoms with E-state index in [-0.39, 0.29) is 17.7 Å². The first-order chi connectivity index (χ1) is 11.6. The lowest BCUT2D eigenvalue weighted by Gasteiger charge is -2.36. The van der Waals surface area contributed by atoms with Gasteiger partial charge < -0.3 is 10.2 Å². The number of rotatable bonds is 5. The largest absolute Gasteiger partial charge is 0.356 e. The first kappa shape index (κ1) is 17.3. The van der Waals surface area contributed by atoms with Gasteiger partial charge in [0, 0.05) is 36.5 Å². The highest BCUT2D eigenvalue weighted by molar-refractivity contribution is 6.30. The summed E-state index contributed by atoms with van der Waals surface area (Å²) in [6, 6.07) is 7.71. The quantitative estimate of drug-likeness (QED) is 0.889. The molecule has 2 aliphatic rings. The Morgan fingerprint density at radius 3 is 2.29 bits per heavy atom. The maximum Gasteiger partial charge on any atom is 0.225 e. The molecule has 5 heteroatoms. The van der Waals surface area contributed by atoms with Crippen molar-refractivity contribution in [2.75, 3.05) is 19.6 Å². The van der Waals surface area contributed by atoms with E-state index in [1.165, 1.54) is 12.0 Å². The molecule has 3 rings (SSSR count). The molecule has 2 fully saturated rings. The molecule has 0 bridgehead atoms. The van der Waals surface area contributed by atoms with Gasteiger partial charge in [-0.25, -0.2) is 0 Å². The van der Waals surface area contributed by atoms with Gasteiger partial charge in [-0.3, -0.25) is 9.59 Å². The van der Waals surface area contributed by atoms with Gasteiger partial charge in [0.15, 0.2) is 0 Å². The van der Waals surface area contributed by atoms with Gasteiger partial charge in [0.25, 0.3) is 0 Å². The third kappa shape index (κ3) is 4.29. The zero-order valence-electron chi connectivity index (χ0n) is 14.0. The summed E-state index contributed by atoms with van der Waals surface area (Å²) in [7, 11) is 0. The van der Waals surface area contributed by atoms with E-state index in [9.17, 15) is 9.59 Å². The van der Waals surface area contributed by atoms with Crippen molar-refractivity contribution >= 4 is 23.4 Å². The normalized spacial score (nSPS) is 19.0. The highest BCUT2D eigenvalue weighted by atomic mass is 35.5. The number of piperidine rings is 1. The molecule has 24 heavy (non-hydrogen) atoms. The number of benzene rings is 1. The Bertz CT molecular complexity index is 576. The smallest absolute Gasteiger partial charge is 0.225 e. The summed E-state index contributed by atoms with van der Waals surface area (Å²) in [5, 5.41) is 3.76. The van der Waals surface area contributed by atoms with E-state index in [2.05, 4.69) is 5.32 Å². The van der Waals surface area contributed by atoms with Crippen LogP contribution in [-0.4, -0.2) is 36.3 Å². The minimum absolute atomic E-state index is 0.0423. The molecule has 130 valence electrons. The van der Waals surface area contributed by atoms with Crippen LogP contribution in [0, 0.1) is 11.8 Å². The van der Waals surface area contributed by atoms with Crippen LogP contribution < -0.4 is 5.32 Å². The van der Waals surface area contributed by atoms with Crippen molar-refractivity contribution < 1.29 is 9.59 Å². The lowest BCUT2D eigenvalue weighted by molar-refractivity contribution is -0.141. The highest BCUT2D eigenvalue weighted by Gasteiger charge is 2.33. The van der Waals surface area contributed by atoms with E-state index < -0.39 is 0 Å². The molecule has 1 saturated carbocycles. The monoisotopic (exact) mass is 348 g/mol. The van der Waals surface area contributed by atoms with Gasteiger partial charge in [0.05, 0.1) is 0 Å². The Kier molecular flexibility index (Phi) is 5.77. The molecule has 0 radical (unpaired) electrons. The number of nitrogens with zero attached hydrogens (tertiary/aromatic N) is 1. The molecule has 2 amide bonds. The standard InChI is InChI=1S/C19H25ClN2O2/c20-17-6-4-14(5-7-17)8-11-21-18(23)15-9-12-22(13-10-15)19(24)16-2-1-3-16/h4-7,15-16H,1-3,8-13H2,(H,21,23). The zero-order chi connectivity index (χ0) is 16.9. The summed E-state index contributed by atoms with van der Waals surface area (Å²) in [6.45, 7) is 2.09. The third-order valence-corrected chi connectivity index (χ3v) is 5.51. The third-order valence-electron chi connectivity index (χ3n) is 5.26. The number of carbonyl (C=O) groups is 2. The number of hydrogen-bond acceptors (Lipinski definition) is 2. The molecular formula is C19H25ClN2O2. The topological polar surface area (TPSA) is 49.4 Å². The Labute approximate surface area is 148 Å². The second kappa shape index (κ2) is 8.02. The van der Waals surface area contributed by atoms with Gasteiger partial charge >= 0.3 is 0 Å². The maximum absolute atomic E-state index is 12.3. The van der Waals surface area contributed by atoms with Crippen molar-refractivity contribution in [3.05, 3.63) is 34.9 Å². The Hall–Kier alpha value is -1.55. The first-order valence-electron chi connectivity index (χ1n) is 8.94. The van der Waals surface area contributed by atoms with Crippen LogP contribution in [0.5, 0.6) is 0 Å². The number of halogens is 1. The fourth-order valence-corrected chi connectivity index (χ4v) is 3.53. The van der Waals surface area contributed by atoms with E-state index in [1.807, 2.05) is 29.2 Å². The Morgan fingerprint density at radius 1 is 1.04 bits per heavy atom. The number of carbonyl (C=O) groups excluding carboxylic acids is 2. The van der Waals surface area contributed by atoms with Gasteiger partial charge in [-0.15, -0.1) is 0 Å².